The van der Waals surface area contributed by atoms with Gasteiger partial charge in [-0.15, -0.1) is 0 Å². The van der Waals surface area contributed by atoms with Crippen LogP contribution in [0.5, 0.6) is 0 Å². The van der Waals surface area contributed by atoms with Crippen LogP contribution in [0.3, 0.4) is 0 Å². The smallest absolute Gasteiger partial charge is 0.386 e. The fraction of sp³-hybridized carbons (Fsp3) is 0.818. The molecule has 162 valence electrons. The number of alkyl halides is 13. The molecule has 0 radical (unpaired) electrons. The molecule has 1 atom stereocenters. The number of allylic oxidation sites excluding steroid dienone is 1. The Morgan fingerprint density at radius 2 is 1.00 bits per heavy atom. The maximum absolute atomic E-state index is 13.2. The van der Waals surface area contributed by atoms with Crippen molar-refractivity contribution in [3.63, 3.8) is 0 Å². The van der Waals surface area contributed by atoms with E-state index < -0.39 is 60.0 Å². The fourth-order valence-corrected chi connectivity index (χ4v) is 1.38. The summed E-state index contributed by atoms with van der Waals surface area (Å²) in [4.78, 5) is 0. The average molecular weight is 440 g/mol. The molecule has 0 aromatic rings. The summed E-state index contributed by atoms with van der Waals surface area (Å²) in [6.07, 6.45) is -11.6. The predicted octanol–water partition coefficient (Wildman–Crippen LogP) is 5.65. The lowest BCUT2D eigenvalue weighted by atomic mass is 9.93. The summed E-state index contributed by atoms with van der Waals surface area (Å²) >= 11 is 0. The Hall–Kier alpha value is -1.35. The van der Waals surface area contributed by atoms with Crippen molar-refractivity contribution in [3.05, 3.63) is 11.7 Å². The van der Waals surface area contributed by atoms with Crippen LogP contribution >= 0.6 is 0 Å². The second kappa shape index (κ2) is 6.92. The lowest BCUT2D eigenvalue weighted by Crippen LogP contribution is -2.70. The quantitative estimate of drug-likeness (QED) is 0.508. The van der Waals surface area contributed by atoms with Crippen LogP contribution in [0.2, 0.25) is 0 Å². The number of rotatable bonds is 7. The van der Waals surface area contributed by atoms with Gasteiger partial charge in [0, 0.05) is 0 Å². The van der Waals surface area contributed by atoms with Gasteiger partial charge in [-0.25, -0.2) is 8.78 Å². The van der Waals surface area contributed by atoms with Crippen molar-refractivity contribution >= 4 is 0 Å². The van der Waals surface area contributed by atoms with Crippen molar-refractivity contribution in [1.82, 2.24) is 0 Å². The zero-order chi connectivity index (χ0) is 22.4. The highest BCUT2D eigenvalue weighted by molar-refractivity contribution is 5.22. The standard InChI is InChI=1S/C11H7F15O/c1-2-3(27)4(12)5(13)6(14,15)7(16,17)8(18,19)9(20,21)10(22,23)11(24,25)26/h3,27H,2H2,1H3/b5-4+. The van der Waals surface area contributed by atoms with Crippen LogP contribution in [-0.4, -0.2) is 47.0 Å². The molecule has 0 aromatic heterocycles. The molecule has 0 rings (SSSR count). The summed E-state index contributed by atoms with van der Waals surface area (Å²) in [6, 6.07) is 0. The van der Waals surface area contributed by atoms with E-state index in [1.54, 1.807) is 0 Å². The minimum absolute atomic E-state index is 0.723. The Bertz CT molecular complexity index is 573. The molecule has 0 aromatic carbocycles. The molecule has 0 amide bonds. The van der Waals surface area contributed by atoms with E-state index in [-0.39, 0.29) is 0 Å². The summed E-state index contributed by atoms with van der Waals surface area (Å²) in [5.41, 5.74) is 0. The van der Waals surface area contributed by atoms with Crippen LogP contribution in [-0.2, 0) is 0 Å². The minimum Gasteiger partial charge on any atom is -0.386 e. The van der Waals surface area contributed by atoms with Gasteiger partial charge in [-0.3, -0.25) is 0 Å². The van der Waals surface area contributed by atoms with E-state index in [9.17, 15) is 65.9 Å². The molecule has 1 unspecified atom stereocenters. The van der Waals surface area contributed by atoms with Crippen molar-refractivity contribution < 1.29 is 71.0 Å². The van der Waals surface area contributed by atoms with Gasteiger partial charge in [0.05, 0.1) is 0 Å². The highest BCUT2D eigenvalue weighted by Crippen LogP contribution is 2.61. The van der Waals surface area contributed by atoms with Gasteiger partial charge >= 0.3 is 35.8 Å². The zero-order valence-electron chi connectivity index (χ0n) is 12.4. The SMILES string of the molecule is CCC(O)/C(F)=C(\F)C(F)(F)C(F)(F)C(F)(F)C(F)(F)C(F)(F)C(F)(F)F. The third-order valence-corrected chi connectivity index (χ3v) is 3.10. The molecular formula is C11H7F15O. The van der Waals surface area contributed by atoms with Crippen molar-refractivity contribution in [2.24, 2.45) is 0 Å². The van der Waals surface area contributed by atoms with Gasteiger partial charge in [0.15, 0.2) is 5.83 Å². The molecule has 0 aliphatic rings. The van der Waals surface area contributed by atoms with E-state index >= 15 is 0 Å². The fourth-order valence-electron chi connectivity index (χ4n) is 1.38. The molecule has 0 heterocycles. The minimum atomic E-state index is -8.24. The molecule has 16 heteroatoms. The Morgan fingerprint density at radius 3 is 1.30 bits per heavy atom. The summed E-state index contributed by atoms with van der Waals surface area (Å²) < 4.78 is 191. The summed E-state index contributed by atoms with van der Waals surface area (Å²) in [5.74, 6) is -47.3. The van der Waals surface area contributed by atoms with Gasteiger partial charge in [-0.2, -0.15) is 57.1 Å². The summed E-state index contributed by atoms with van der Waals surface area (Å²) in [5, 5.41) is 8.67. The van der Waals surface area contributed by atoms with Gasteiger partial charge in [0.2, 0.25) is 5.83 Å². The Morgan fingerprint density at radius 1 is 0.667 bits per heavy atom. The molecular weight excluding hydrogens is 433 g/mol. The second-order valence-corrected chi connectivity index (χ2v) is 4.96. The van der Waals surface area contributed by atoms with Crippen LogP contribution in [0.1, 0.15) is 13.3 Å². The number of aliphatic hydroxyl groups excluding tert-OH is 1. The number of hydrogen-bond acceptors (Lipinski definition) is 1. The number of hydrogen-bond donors (Lipinski definition) is 1. The van der Waals surface area contributed by atoms with E-state index in [0.29, 0.717) is 0 Å². The van der Waals surface area contributed by atoms with E-state index in [1.807, 2.05) is 0 Å². The molecule has 0 aliphatic carbocycles. The molecule has 1 N–H and O–H groups in total. The largest absolute Gasteiger partial charge is 0.460 e. The van der Waals surface area contributed by atoms with Crippen molar-refractivity contribution in [2.75, 3.05) is 0 Å². The highest BCUT2D eigenvalue weighted by Gasteiger charge is 2.91. The summed E-state index contributed by atoms with van der Waals surface area (Å²) in [7, 11) is 0. The topological polar surface area (TPSA) is 20.2 Å². The first-order valence-corrected chi connectivity index (χ1v) is 6.25. The molecule has 27 heavy (non-hydrogen) atoms. The van der Waals surface area contributed by atoms with Crippen LogP contribution in [0.4, 0.5) is 65.9 Å². The molecule has 0 aliphatic heterocycles. The molecule has 0 saturated heterocycles. The van der Waals surface area contributed by atoms with Crippen LogP contribution < -0.4 is 0 Å². The third-order valence-electron chi connectivity index (χ3n) is 3.10. The summed E-state index contributed by atoms with van der Waals surface area (Å²) in [6.45, 7) is 0.723. The molecule has 0 fully saturated rings. The van der Waals surface area contributed by atoms with Crippen molar-refractivity contribution in [2.45, 2.75) is 55.2 Å². The normalized spacial score (nSPS) is 17.7. The Kier molecular flexibility index (Phi) is 6.57. The number of halogens is 15. The van der Waals surface area contributed by atoms with E-state index in [2.05, 4.69) is 0 Å². The van der Waals surface area contributed by atoms with Gasteiger partial charge < -0.3 is 5.11 Å². The van der Waals surface area contributed by atoms with Gasteiger partial charge in [-0.1, -0.05) is 6.92 Å². The maximum Gasteiger partial charge on any atom is 0.460 e. The first kappa shape index (κ1) is 25.6. The average Bonchev–Trinajstić information content (AvgIpc) is 2.50. The molecule has 0 spiro atoms. The van der Waals surface area contributed by atoms with Gasteiger partial charge in [0.25, 0.3) is 0 Å². The lowest BCUT2D eigenvalue weighted by molar-refractivity contribution is -0.437. The van der Waals surface area contributed by atoms with E-state index in [0.717, 1.165) is 6.92 Å². The van der Waals surface area contributed by atoms with Crippen LogP contribution in [0.15, 0.2) is 11.7 Å². The maximum atomic E-state index is 13.2. The first-order chi connectivity index (χ1) is 11.6. The molecule has 1 nitrogen and oxygen atoms in total. The van der Waals surface area contributed by atoms with Gasteiger partial charge in [0.1, 0.15) is 6.10 Å². The number of aliphatic hydroxyl groups is 1. The highest BCUT2D eigenvalue weighted by atomic mass is 19.4. The van der Waals surface area contributed by atoms with Crippen LogP contribution in [0, 0.1) is 0 Å². The third kappa shape index (κ3) is 3.55. The van der Waals surface area contributed by atoms with E-state index in [1.165, 1.54) is 0 Å². The monoisotopic (exact) mass is 440 g/mol. The first-order valence-electron chi connectivity index (χ1n) is 6.25. The lowest BCUT2D eigenvalue weighted by Gasteiger charge is -2.39. The second-order valence-electron chi connectivity index (χ2n) is 4.96. The zero-order valence-corrected chi connectivity index (χ0v) is 12.4. The molecule has 0 saturated carbocycles. The molecule has 0 bridgehead atoms. The van der Waals surface area contributed by atoms with Gasteiger partial charge in [-0.05, 0) is 6.42 Å². The van der Waals surface area contributed by atoms with Crippen molar-refractivity contribution in [3.8, 4) is 0 Å². The van der Waals surface area contributed by atoms with Crippen molar-refractivity contribution in [1.29, 1.82) is 0 Å². The Labute approximate surface area is 139 Å². The van der Waals surface area contributed by atoms with Crippen LogP contribution in [0.25, 0.3) is 0 Å². The Balaban J connectivity index is 6.56. The predicted molar refractivity (Wildman–Crippen MR) is 56.3 cm³/mol. The van der Waals surface area contributed by atoms with E-state index in [4.69, 9.17) is 5.11 Å².